The molecule has 0 saturated carbocycles. The molecule has 0 aliphatic rings. The summed E-state index contributed by atoms with van der Waals surface area (Å²) in [6, 6.07) is 28.5. The van der Waals surface area contributed by atoms with E-state index >= 15 is 0 Å². The highest BCUT2D eigenvalue weighted by Crippen LogP contribution is 2.36. The van der Waals surface area contributed by atoms with Crippen molar-refractivity contribution in [1.29, 1.82) is 5.26 Å². The Hall–Kier alpha value is -3.93. The van der Waals surface area contributed by atoms with Gasteiger partial charge in [-0.1, -0.05) is 48.5 Å². The highest BCUT2D eigenvalue weighted by atomic mass is 79.9. The Morgan fingerprint density at radius 1 is 0.895 bits per heavy atom. The Kier molecular flexibility index (Phi) is 9.30. The zero-order valence-corrected chi connectivity index (χ0v) is 23.1. The van der Waals surface area contributed by atoms with Gasteiger partial charge in [-0.2, -0.15) is 5.26 Å². The zero-order chi connectivity index (χ0) is 26.9. The molecule has 0 aliphatic heterocycles. The molecule has 0 radical (unpaired) electrons. The molecule has 0 aliphatic carbocycles. The van der Waals surface area contributed by atoms with Crippen molar-refractivity contribution in [2.24, 2.45) is 0 Å². The van der Waals surface area contributed by atoms with Gasteiger partial charge in [0.25, 0.3) is 5.91 Å². The number of ether oxygens (including phenoxy) is 2. The number of rotatable bonds is 9. The SMILES string of the molecule is N#C/C(=C\c1cc(Br)c(OCc2ccccc2F)c(Br)c1)C(=O)Nc1ccc(OCc2ccccc2)cc1. The molecular formula is C30H21Br2FN2O3. The van der Waals surface area contributed by atoms with E-state index in [0.29, 0.717) is 43.9 Å². The number of benzene rings is 4. The molecule has 0 atom stereocenters. The molecule has 5 nitrogen and oxygen atoms in total. The molecular weight excluding hydrogens is 615 g/mol. The molecule has 0 heterocycles. The third-order valence-corrected chi connectivity index (χ3v) is 6.57. The van der Waals surface area contributed by atoms with Gasteiger partial charge >= 0.3 is 0 Å². The van der Waals surface area contributed by atoms with E-state index in [1.807, 2.05) is 36.4 Å². The summed E-state index contributed by atoms with van der Waals surface area (Å²) in [4.78, 5) is 12.8. The third-order valence-electron chi connectivity index (χ3n) is 5.39. The number of nitrogens with zero attached hydrogens (tertiary/aromatic N) is 1. The molecule has 0 aromatic heterocycles. The van der Waals surface area contributed by atoms with E-state index in [4.69, 9.17) is 9.47 Å². The van der Waals surface area contributed by atoms with Crippen LogP contribution in [0.2, 0.25) is 0 Å². The molecule has 8 heteroatoms. The molecule has 0 unspecified atom stereocenters. The summed E-state index contributed by atoms with van der Waals surface area (Å²) in [5.41, 5.74) is 2.53. The van der Waals surface area contributed by atoms with Gasteiger partial charge in [0.1, 0.15) is 42.2 Å². The average molecular weight is 636 g/mol. The first-order valence-electron chi connectivity index (χ1n) is 11.5. The van der Waals surface area contributed by atoms with E-state index in [2.05, 4.69) is 37.2 Å². The predicted molar refractivity (Wildman–Crippen MR) is 152 cm³/mol. The lowest BCUT2D eigenvalue weighted by molar-refractivity contribution is -0.112. The molecule has 0 saturated heterocycles. The van der Waals surface area contributed by atoms with Gasteiger partial charge in [-0.15, -0.1) is 0 Å². The second-order valence-corrected chi connectivity index (χ2v) is 9.83. The number of nitriles is 1. The maximum absolute atomic E-state index is 13.9. The minimum absolute atomic E-state index is 0.0427. The number of halogens is 3. The fraction of sp³-hybridized carbons (Fsp3) is 0.0667. The highest BCUT2D eigenvalue weighted by Gasteiger charge is 2.14. The zero-order valence-electron chi connectivity index (χ0n) is 20.0. The van der Waals surface area contributed by atoms with Gasteiger partial charge in [0.05, 0.1) is 8.95 Å². The van der Waals surface area contributed by atoms with Gasteiger partial charge < -0.3 is 14.8 Å². The van der Waals surface area contributed by atoms with Crippen LogP contribution in [0, 0.1) is 17.1 Å². The fourth-order valence-corrected chi connectivity index (χ4v) is 4.91. The summed E-state index contributed by atoms with van der Waals surface area (Å²) in [5, 5.41) is 12.3. The Balaban J connectivity index is 1.40. The fourth-order valence-electron chi connectivity index (χ4n) is 3.46. The van der Waals surface area contributed by atoms with Gasteiger partial charge in [0.2, 0.25) is 0 Å². The van der Waals surface area contributed by atoms with Crippen molar-refractivity contribution >= 4 is 49.5 Å². The van der Waals surface area contributed by atoms with Gasteiger partial charge in [0.15, 0.2) is 0 Å². The van der Waals surface area contributed by atoms with Crippen molar-refractivity contribution < 1.29 is 18.7 Å². The first-order valence-corrected chi connectivity index (χ1v) is 13.1. The highest BCUT2D eigenvalue weighted by molar-refractivity contribution is 9.11. The smallest absolute Gasteiger partial charge is 0.266 e. The Labute approximate surface area is 236 Å². The monoisotopic (exact) mass is 634 g/mol. The lowest BCUT2D eigenvalue weighted by Gasteiger charge is -2.12. The van der Waals surface area contributed by atoms with Crippen LogP contribution >= 0.6 is 31.9 Å². The van der Waals surface area contributed by atoms with Crippen molar-refractivity contribution in [2.75, 3.05) is 5.32 Å². The van der Waals surface area contributed by atoms with Crippen LogP contribution in [-0.4, -0.2) is 5.91 Å². The van der Waals surface area contributed by atoms with Crippen LogP contribution in [-0.2, 0) is 18.0 Å². The maximum Gasteiger partial charge on any atom is 0.266 e. The van der Waals surface area contributed by atoms with E-state index in [-0.39, 0.29) is 18.0 Å². The normalized spacial score (nSPS) is 10.9. The number of carbonyl (C=O) groups excluding carboxylic acids is 1. The van der Waals surface area contributed by atoms with E-state index in [9.17, 15) is 14.4 Å². The Morgan fingerprint density at radius 2 is 1.55 bits per heavy atom. The number of amides is 1. The maximum atomic E-state index is 13.9. The summed E-state index contributed by atoms with van der Waals surface area (Å²) < 4.78 is 26.6. The number of anilines is 1. The van der Waals surface area contributed by atoms with Crippen LogP contribution in [0.3, 0.4) is 0 Å². The topological polar surface area (TPSA) is 71.3 Å². The Bertz CT molecular complexity index is 1480. The largest absolute Gasteiger partial charge is 0.489 e. The number of hydrogen-bond donors (Lipinski definition) is 1. The summed E-state index contributed by atoms with van der Waals surface area (Å²) in [5.74, 6) is 0.244. The van der Waals surface area contributed by atoms with Crippen molar-refractivity contribution in [3.63, 3.8) is 0 Å². The second-order valence-electron chi connectivity index (χ2n) is 8.12. The number of hydrogen-bond acceptors (Lipinski definition) is 4. The van der Waals surface area contributed by atoms with Crippen molar-refractivity contribution in [2.45, 2.75) is 13.2 Å². The number of nitrogens with one attached hydrogen (secondary N) is 1. The van der Waals surface area contributed by atoms with E-state index in [1.165, 1.54) is 12.1 Å². The van der Waals surface area contributed by atoms with Crippen molar-refractivity contribution in [3.05, 3.63) is 128 Å². The van der Waals surface area contributed by atoms with Crippen LogP contribution < -0.4 is 14.8 Å². The molecule has 1 amide bonds. The average Bonchev–Trinajstić information content (AvgIpc) is 2.92. The van der Waals surface area contributed by atoms with Crippen LogP contribution in [0.15, 0.2) is 106 Å². The van der Waals surface area contributed by atoms with Crippen LogP contribution in [0.4, 0.5) is 10.1 Å². The molecule has 190 valence electrons. The third kappa shape index (κ3) is 7.31. The van der Waals surface area contributed by atoms with Crippen LogP contribution in [0.1, 0.15) is 16.7 Å². The van der Waals surface area contributed by atoms with E-state index in [1.54, 1.807) is 54.6 Å². The standard InChI is InChI=1S/C30H21Br2FN2O3/c31-26-15-21(16-27(32)29(26)38-19-22-8-4-5-9-28(22)33)14-23(17-34)30(36)35-24-10-12-25(13-11-24)37-18-20-6-2-1-3-7-20/h1-16H,18-19H2,(H,35,36)/b23-14+. The lowest BCUT2D eigenvalue weighted by atomic mass is 10.1. The van der Waals surface area contributed by atoms with Crippen LogP contribution in [0.25, 0.3) is 6.08 Å². The number of carbonyl (C=O) groups is 1. The molecule has 4 rings (SSSR count). The summed E-state index contributed by atoms with van der Waals surface area (Å²) in [6.45, 7) is 0.479. The van der Waals surface area contributed by atoms with Crippen molar-refractivity contribution in [3.8, 4) is 17.6 Å². The summed E-state index contributed by atoms with van der Waals surface area (Å²) >= 11 is 6.91. The van der Waals surface area contributed by atoms with Gasteiger partial charge in [0, 0.05) is 11.3 Å². The van der Waals surface area contributed by atoms with Crippen LogP contribution in [0.5, 0.6) is 11.5 Å². The predicted octanol–water partition coefficient (Wildman–Crippen LogP) is 8.05. The molecule has 38 heavy (non-hydrogen) atoms. The quantitative estimate of drug-likeness (QED) is 0.149. The molecule has 0 bridgehead atoms. The minimum atomic E-state index is -0.544. The molecule has 1 N–H and O–H groups in total. The van der Waals surface area contributed by atoms with Gasteiger partial charge in [-0.3, -0.25) is 4.79 Å². The van der Waals surface area contributed by atoms with Gasteiger partial charge in [-0.25, -0.2) is 4.39 Å². The summed E-state index contributed by atoms with van der Waals surface area (Å²) in [7, 11) is 0. The van der Waals surface area contributed by atoms with E-state index < -0.39 is 5.91 Å². The second kappa shape index (κ2) is 13.0. The molecule has 4 aromatic rings. The molecule has 0 spiro atoms. The summed E-state index contributed by atoms with van der Waals surface area (Å²) in [6.07, 6.45) is 1.48. The van der Waals surface area contributed by atoms with E-state index in [0.717, 1.165) is 5.56 Å². The lowest BCUT2D eigenvalue weighted by Crippen LogP contribution is -2.13. The van der Waals surface area contributed by atoms with Gasteiger partial charge in [-0.05, 0) is 91.5 Å². The first-order chi connectivity index (χ1) is 18.4. The van der Waals surface area contributed by atoms with Crippen molar-refractivity contribution in [1.82, 2.24) is 0 Å². The first kappa shape index (κ1) is 27.1. The molecule has 4 aromatic carbocycles. The molecule has 0 fully saturated rings. The Morgan fingerprint density at radius 3 is 2.21 bits per heavy atom. The minimum Gasteiger partial charge on any atom is -0.489 e.